The van der Waals surface area contributed by atoms with Crippen molar-refractivity contribution in [1.82, 2.24) is 19.8 Å². The van der Waals surface area contributed by atoms with Crippen LogP contribution in [0.2, 0.25) is 0 Å². The summed E-state index contributed by atoms with van der Waals surface area (Å²) in [5.74, 6) is 1.26. The number of nitrogens with zero attached hydrogens (tertiary/aromatic N) is 3. The maximum atomic E-state index is 12.5. The standard InChI is InChI=1S/C22H30N4O2/c1-28-20-6-3-2-5-18(20)14-25-11-4-9-22(15-25)10-7-21(27)26(16-22)12-8-19-13-23-17-24-19/h2-3,5-6,13,17H,4,7-12,14-16H2,1H3,(H,23,24)/t22-/m1/s1. The quantitative estimate of drug-likeness (QED) is 0.835. The molecule has 4 rings (SSSR count). The molecule has 2 aliphatic rings. The highest BCUT2D eigenvalue weighted by Crippen LogP contribution is 2.39. The van der Waals surface area contributed by atoms with E-state index in [1.54, 1.807) is 13.4 Å². The van der Waals surface area contributed by atoms with Gasteiger partial charge in [0.1, 0.15) is 5.75 Å². The first-order valence-corrected chi connectivity index (χ1v) is 10.3. The fourth-order valence-electron chi connectivity index (χ4n) is 4.84. The van der Waals surface area contributed by atoms with Gasteiger partial charge in [-0.15, -0.1) is 0 Å². The lowest BCUT2D eigenvalue weighted by Gasteiger charge is -2.48. The Balaban J connectivity index is 1.41. The number of carbonyl (C=O) groups is 1. The third kappa shape index (κ3) is 4.22. The summed E-state index contributed by atoms with van der Waals surface area (Å²) >= 11 is 0. The maximum absolute atomic E-state index is 12.5. The Labute approximate surface area is 166 Å². The van der Waals surface area contributed by atoms with Crippen LogP contribution in [-0.4, -0.2) is 59.0 Å². The van der Waals surface area contributed by atoms with Gasteiger partial charge in [0.05, 0.1) is 13.4 Å². The van der Waals surface area contributed by atoms with Gasteiger partial charge in [-0.1, -0.05) is 18.2 Å². The number of amides is 1. The number of benzene rings is 1. The van der Waals surface area contributed by atoms with E-state index in [0.717, 1.165) is 57.0 Å². The van der Waals surface area contributed by atoms with Crippen LogP contribution in [0.1, 0.15) is 36.9 Å². The zero-order valence-corrected chi connectivity index (χ0v) is 16.7. The minimum Gasteiger partial charge on any atom is -0.496 e. The van der Waals surface area contributed by atoms with Gasteiger partial charge in [0.25, 0.3) is 0 Å². The van der Waals surface area contributed by atoms with Crippen molar-refractivity contribution in [2.45, 2.75) is 38.6 Å². The molecular formula is C22H30N4O2. The van der Waals surface area contributed by atoms with E-state index in [4.69, 9.17) is 4.74 Å². The average Bonchev–Trinajstić information content (AvgIpc) is 3.23. The number of nitrogens with one attached hydrogen (secondary N) is 1. The normalized spacial score (nSPS) is 23.3. The smallest absolute Gasteiger partial charge is 0.222 e. The van der Waals surface area contributed by atoms with E-state index in [9.17, 15) is 4.79 Å². The molecule has 2 saturated heterocycles. The number of para-hydroxylation sites is 1. The molecule has 1 aromatic carbocycles. The average molecular weight is 383 g/mol. The molecule has 0 bridgehead atoms. The number of aromatic amines is 1. The minimum absolute atomic E-state index is 0.224. The summed E-state index contributed by atoms with van der Waals surface area (Å²) in [7, 11) is 1.74. The molecule has 2 aromatic rings. The lowest BCUT2D eigenvalue weighted by atomic mass is 9.73. The summed E-state index contributed by atoms with van der Waals surface area (Å²) in [6.45, 7) is 4.73. The Hall–Kier alpha value is -2.34. The van der Waals surface area contributed by atoms with Crippen molar-refractivity contribution >= 4 is 5.91 Å². The summed E-state index contributed by atoms with van der Waals surface area (Å²) in [5, 5.41) is 0. The number of rotatable bonds is 6. The molecule has 0 aliphatic carbocycles. The van der Waals surface area contributed by atoms with Crippen molar-refractivity contribution in [1.29, 1.82) is 0 Å². The zero-order chi connectivity index (χ0) is 19.4. The van der Waals surface area contributed by atoms with Gasteiger partial charge < -0.3 is 14.6 Å². The largest absolute Gasteiger partial charge is 0.496 e. The van der Waals surface area contributed by atoms with Crippen LogP contribution in [-0.2, 0) is 17.8 Å². The van der Waals surface area contributed by atoms with Crippen molar-refractivity contribution in [3.05, 3.63) is 48.0 Å². The Morgan fingerprint density at radius 1 is 1.25 bits per heavy atom. The molecule has 1 spiro atoms. The predicted molar refractivity (Wildman–Crippen MR) is 108 cm³/mol. The van der Waals surface area contributed by atoms with Crippen LogP contribution in [0.15, 0.2) is 36.8 Å². The summed E-state index contributed by atoms with van der Waals surface area (Å²) in [6.07, 6.45) is 8.47. The van der Waals surface area contributed by atoms with Crippen molar-refractivity contribution in [2.75, 3.05) is 33.3 Å². The number of ether oxygens (including phenoxy) is 1. The molecule has 2 fully saturated rings. The fourth-order valence-corrected chi connectivity index (χ4v) is 4.84. The first kappa shape index (κ1) is 19.0. The van der Waals surface area contributed by atoms with Crippen molar-refractivity contribution in [3.63, 3.8) is 0 Å². The van der Waals surface area contributed by atoms with Gasteiger partial charge in [-0.3, -0.25) is 9.69 Å². The van der Waals surface area contributed by atoms with Crippen LogP contribution in [0.3, 0.4) is 0 Å². The summed E-state index contributed by atoms with van der Waals surface area (Å²) in [4.78, 5) is 24.3. The molecule has 1 N–H and O–H groups in total. The van der Waals surface area contributed by atoms with Crippen LogP contribution in [0.5, 0.6) is 5.75 Å². The van der Waals surface area contributed by atoms with Crippen molar-refractivity contribution in [2.24, 2.45) is 5.41 Å². The Morgan fingerprint density at radius 3 is 2.96 bits per heavy atom. The van der Waals surface area contributed by atoms with E-state index >= 15 is 0 Å². The maximum Gasteiger partial charge on any atom is 0.222 e. The molecule has 3 heterocycles. The highest BCUT2D eigenvalue weighted by molar-refractivity contribution is 5.77. The number of carbonyl (C=O) groups excluding carboxylic acids is 1. The predicted octanol–water partition coefficient (Wildman–Crippen LogP) is 2.87. The highest BCUT2D eigenvalue weighted by Gasteiger charge is 2.41. The third-order valence-corrected chi connectivity index (χ3v) is 6.28. The SMILES string of the molecule is COc1ccccc1CN1CCC[C@@]2(CCC(=O)N(CCc3cnc[nH]3)C2)C1. The number of hydrogen-bond acceptors (Lipinski definition) is 4. The molecule has 0 radical (unpaired) electrons. The second-order valence-corrected chi connectivity index (χ2v) is 8.27. The van der Waals surface area contributed by atoms with Gasteiger partial charge in [-0.2, -0.15) is 0 Å². The molecule has 2 aliphatic heterocycles. The highest BCUT2D eigenvalue weighted by atomic mass is 16.5. The molecule has 1 aromatic heterocycles. The first-order chi connectivity index (χ1) is 13.7. The van der Waals surface area contributed by atoms with Crippen molar-refractivity contribution < 1.29 is 9.53 Å². The van der Waals surface area contributed by atoms with Gasteiger partial charge in [0.15, 0.2) is 0 Å². The molecule has 6 heteroatoms. The Kier molecular flexibility index (Phi) is 5.67. The van der Waals surface area contributed by atoms with Crippen LogP contribution in [0.4, 0.5) is 0 Å². The lowest BCUT2D eigenvalue weighted by Crippen LogP contribution is -2.54. The second-order valence-electron chi connectivity index (χ2n) is 8.27. The van der Waals surface area contributed by atoms with E-state index in [1.165, 1.54) is 18.4 Å². The topological polar surface area (TPSA) is 61.5 Å². The van der Waals surface area contributed by atoms with Gasteiger partial charge in [-0.25, -0.2) is 4.98 Å². The summed E-state index contributed by atoms with van der Waals surface area (Å²) < 4.78 is 5.53. The molecule has 0 unspecified atom stereocenters. The summed E-state index contributed by atoms with van der Waals surface area (Å²) in [6, 6.07) is 8.28. The Bertz CT molecular complexity index is 792. The monoisotopic (exact) mass is 382 g/mol. The molecular weight excluding hydrogens is 352 g/mol. The Morgan fingerprint density at radius 2 is 2.14 bits per heavy atom. The van der Waals surface area contributed by atoms with Crippen molar-refractivity contribution in [3.8, 4) is 5.75 Å². The lowest BCUT2D eigenvalue weighted by molar-refractivity contribution is -0.139. The third-order valence-electron chi connectivity index (χ3n) is 6.28. The second kappa shape index (κ2) is 8.35. The first-order valence-electron chi connectivity index (χ1n) is 10.3. The molecule has 1 atom stereocenters. The van der Waals surface area contributed by atoms with E-state index in [2.05, 4.69) is 31.9 Å². The van der Waals surface area contributed by atoms with E-state index < -0.39 is 0 Å². The number of hydrogen-bond donors (Lipinski definition) is 1. The van der Waals surface area contributed by atoms with Crippen LogP contribution in [0.25, 0.3) is 0 Å². The zero-order valence-electron chi connectivity index (χ0n) is 16.7. The number of aromatic nitrogens is 2. The van der Waals surface area contributed by atoms with Gasteiger partial charge in [0.2, 0.25) is 5.91 Å². The number of H-pyrrole nitrogens is 1. The number of piperidine rings is 2. The minimum atomic E-state index is 0.224. The van der Waals surface area contributed by atoms with Gasteiger partial charge in [0, 0.05) is 61.9 Å². The van der Waals surface area contributed by atoms with Gasteiger partial charge >= 0.3 is 0 Å². The molecule has 150 valence electrons. The molecule has 0 saturated carbocycles. The van der Waals surface area contributed by atoms with Crippen LogP contribution in [0, 0.1) is 5.41 Å². The fraction of sp³-hybridized carbons (Fsp3) is 0.545. The molecule has 1 amide bonds. The number of likely N-dealkylation sites (tertiary alicyclic amines) is 2. The number of imidazole rings is 1. The van der Waals surface area contributed by atoms with E-state index in [0.29, 0.717) is 12.3 Å². The summed E-state index contributed by atoms with van der Waals surface area (Å²) in [5.41, 5.74) is 2.56. The van der Waals surface area contributed by atoms with E-state index in [-0.39, 0.29) is 5.41 Å². The molecule has 6 nitrogen and oxygen atoms in total. The van der Waals surface area contributed by atoms with Crippen LogP contribution < -0.4 is 4.74 Å². The number of methoxy groups -OCH3 is 1. The van der Waals surface area contributed by atoms with Crippen LogP contribution >= 0.6 is 0 Å². The molecule has 28 heavy (non-hydrogen) atoms. The van der Waals surface area contributed by atoms with Gasteiger partial charge in [-0.05, 0) is 31.9 Å². The van der Waals surface area contributed by atoms with E-state index in [1.807, 2.05) is 18.3 Å².